The molecule has 2 atom stereocenters. The molecule has 138 valence electrons. The minimum Gasteiger partial charge on any atom is -0.245 e. The van der Waals surface area contributed by atoms with Crippen LogP contribution in [-0.2, 0) is 0 Å². The number of benzene rings is 2. The van der Waals surface area contributed by atoms with Crippen LogP contribution < -0.4 is 11.4 Å². The fourth-order valence-corrected chi connectivity index (χ4v) is 4.14. The summed E-state index contributed by atoms with van der Waals surface area (Å²) in [5.41, 5.74) is 2.06. The van der Waals surface area contributed by atoms with Gasteiger partial charge in [-0.25, -0.2) is 23.5 Å². The summed E-state index contributed by atoms with van der Waals surface area (Å²) < 4.78 is 4.50. The maximum Gasteiger partial charge on any atom is 0.352 e. The van der Waals surface area contributed by atoms with Crippen molar-refractivity contribution in [2.75, 3.05) is 0 Å². The van der Waals surface area contributed by atoms with Gasteiger partial charge in [0.25, 0.3) is 0 Å². The summed E-state index contributed by atoms with van der Waals surface area (Å²) in [6.07, 6.45) is 10.6. The third-order valence-electron chi connectivity index (χ3n) is 5.36. The topological polar surface area (TPSA) is 48.9 Å². The lowest BCUT2D eigenvalue weighted by Gasteiger charge is -2.33. The first-order valence-electron chi connectivity index (χ1n) is 9.36. The first-order chi connectivity index (χ1) is 13.8. The molecular weight excluding hydrogens is 350 g/mol. The summed E-state index contributed by atoms with van der Waals surface area (Å²) in [4.78, 5) is 26.8. The SMILES string of the molecule is O=c1n(-c2ccccc2)c(=O)n2n1[C@@H]1\C=C/C=C\C=C(/C1)[C@H]2c1ccccc1. The lowest BCUT2D eigenvalue weighted by atomic mass is 9.90. The van der Waals surface area contributed by atoms with E-state index in [1.165, 1.54) is 4.57 Å². The summed E-state index contributed by atoms with van der Waals surface area (Å²) in [6, 6.07) is 18.5. The molecule has 2 aromatic carbocycles. The predicted molar refractivity (Wildman–Crippen MR) is 109 cm³/mol. The second-order valence-corrected chi connectivity index (χ2v) is 7.02. The fraction of sp³-hybridized carbons (Fsp3) is 0.130. The van der Waals surface area contributed by atoms with Crippen LogP contribution in [0.15, 0.2) is 106 Å². The second-order valence-electron chi connectivity index (χ2n) is 7.02. The molecule has 0 amide bonds. The molecule has 0 saturated heterocycles. The van der Waals surface area contributed by atoms with Crippen LogP contribution in [0.5, 0.6) is 0 Å². The first kappa shape index (κ1) is 16.6. The van der Waals surface area contributed by atoms with Crippen LogP contribution in [0, 0.1) is 0 Å². The van der Waals surface area contributed by atoms with Crippen molar-refractivity contribution in [1.29, 1.82) is 0 Å². The Kier molecular flexibility index (Phi) is 3.86. The highest BCUT2D eigenvalue weighted by Crippen LogP contribution is 2.36. The van der Waals surface area contributed by atoms with E-state index in [1.807, 2.05) is 72.8 Å². The molecule has 2 aliphatic rings. The maximum absolute atomic E-state index is 13.5. The minimum absolute atomic E-state index is 0.193. The molecule has 2 heterocycles. The number of hydrogen-bond acceptors (Lipinski definition) is 2. The van der Waals surface area contributed by atoms with Crippen molar-refractivity contribution >= 4 is 0 Å². The molecule has 5 rings (SSSR count). The Bertz CT molecular complexity index is 1220. The van der Waals surface area contributed by atoms with Crippen LogP contribution in [-0.4, -0.2) is 13.9 Å². The Morgan fingerprint density at radius 3 is 2.18 bits per heavy atom. The number of nitrogens with zero attached hydrogens (tertiary/aromatic N) is 3. The third-order valence-corrected chi connectivity index (χ3v) is 5.36. The van der Waals surface area contributed by atoms with Crippen LogP contribution in [0.4, 0.5) is 0 Å². The molecule has 1 aliphatic carbocycles. The second kappa shape index (κ2) is 6.53. The molecule has 1 aromatic heterocycles. The van der Waals surface area contributed by atoms with Gasteiger partial charge in [0.05, 0.1) is 11.7 Å². The smallest absolute Gasteiger partial charge is 0.245 e. The zero-order valence-electron chi connectivity index (χ0n) is 15.2. The molecular formula is C23H19N3O2. The number of rotatable bonds is 2. The van der Waals surface area contributed by atoms with Gasteiger partial charge in [0.15, 0.2) is 0 Å². The van der Waals surface area contributed by atoms with E-state index >= 15 is 0 Å². The Morgan fingerprint density at radius 1 is 0.750 bits per heavy atom. The van der Waals surface area contributed by atoms with Crippen molar-refractivity contribution in [3.63, 3.8) is 0 Å². The molecule has 0 N–H and O–H groups in total. The van der Waals surface area contributed by atoms with E-state index in [-0.39, 0.29) is 23.5 Å². The Hall–Kier alpha value is -3.60. The average Bonchev–Trinajstić information content (AvgIpc) is 2.98. The van der Waals surface area contributed by atoms with E-state index in [4.69, 9.17) is 0 Å². The highest BCUT2D eigenvalue weighted by Gasteiger charge is 2.35. The van der Waals surface area contributed by atoms with E-state index in [0.717, 1.165) is 11.1 Å². The van der Waals surface area contributed by atoms with Gasteiger partial charge in [0.1, 0.15) is 6.04 Å². The largest absolute Gasteiger partial charge is 0.352 e. The van der Waals surface area contributed by atoms with Gasteiger partial charge in [0.2, 0.25) is 0 Å². The van der Waals surface area contributed by atoms with Crippen LogP contribution in [0.3, 0.4) is 0 Å². The molecule has 5 heteroatoms. The van der Waals surface area contributed by atoms with Gasteiger partial charge in [-0.05, 0) is 29.7 Å². The third kappa shape index (κ3) is 2.47. The Morgan fingerprint density at radius 2 is 1.43 bits per heavy atom. The summed E-state index contributed by atoms with van der Waals surface area (Å²) in [7, 11) is 0. The van der Waals surface area contributed by atoms with Gasteiger partial charge >= 0.3 is 11.4 Å². The van der Waals surface area contributed by atoms with Crippen LogP contribution in [0.2, 0.25) is 0 Å². The van der Waals surface area contributed by atoms with Gasteiger partial charge in [-0.1, -0.05) is 78.9 Å². The van der Waals surface area contributed by atoms with Crippen molar-refractivity contribution in [2.45, 2.75) is 18.5 Å². The minimum atomic E-state index is -0.321. The summed E-state index contributed by atoms with van der Waals surface area (Å²) in [5.74, 6) is 0. The first-order valence-corrected chi connectivity index (χ1v) is 9.36. The van der Waals surface area contributed by atoms with Gasteiger partial charge in [-0.15, -0.1) is 0 Å². The molecule has 2 bridgehead atoms. The number of allylic oxidation sites excluding steroid dienone is 6. The number of aromatic nitrogens is 3. The normalized spacial score (nSPS) is 24.4. The zero-order valence-corrected chi connectivity index (χ0v) is 15.2. The molecule has 0 radical (unpaired) electrons. The Labute approximate surface area is 161 Å². The van der Waals surface area contributed by atoms with Crippen molar-refractivity contribution < 1.29 is 0 Å². The molecule has 3 aromatic rings. The van der Waals surface area contributed by atoms with E-state index < -0.39 is 0 Å². The van der Waals surface area contributed by atoms with Gasteiger partial charge < -0.3 is 0 Å². The number of para-hydroxylation sites is 1. The van der Waals surface area contributed by atoms with E-state index in [9.17, 15) is 9.59 Å². The highest BCUT2D eigenvalue weighted by molar-refractivity contribution is 5.37. The van der Waals surface area contributed by atoms with E-state index in [0.29, 0.717) is 12.1 Å². The van der Waals surface area contributed by atoms with Crippen molar-refractivity contribution in [3.05, 3.63) is 123 Å². The van der Waals surface area contributed by atoms with Gasteiger partial charge in [-0.3, -0.25) is 0 Å². The predicted octanol–water partition coefficient (Wildman–Crippen LogP) is 3.39. The lowest BCUT2D eigenvalue weighted by Crippen LogP contribution is -2.39. The number of hydrogen-bond donors (Lipinski definition) is 0. The quantitative estimate of drug-likeness (QED) is 0.695. The average molecular weight is 369 g/mol. The van der Waals surface area contributed by atoms with E-state index in [2.05, 4.69) is 6.08 Å². The summed E-state index contributed by atoms with van der Waals surface area (Å²) in [5, 5.41) is 0. The molecule has 5 nitrogen and oxygen atoms in total. The van der Waals surface area contributed by atoms with Crippen molar-refractivity contribution in [3.8, 4) is 5.69 Å². The monoisotopic (exact) mass is 369 g/mol. The Balaban J connectivity index is 1.85. The summed E-state index contributed by atoms with van der Waals surface area (Å²) >= 11 is 0. The van der Waals surface area contributed by atoms with Gasteiger partial charge in [0, 0.05) is 0 Å². The fourth-order valence-electron chi connectivity index (χ4n) is 4.14. The summed E-state index contributed by atoms with van der Waals surface area (Å²) in [6.45, 7) is 0. The maximum atomic E-state index is 13.5. The lowest BCUT2D eigenvalue weighted by molar-refractivity contribution is 0.332. The van der Waals surface area contributed by atoms with Crippen LogP contribution in [0.25, 0.3) is 5.69 Å². The zero-order chi connectivity index (χ0) is 19.1. The molecule has 0 unspecified atom stereocenters. The molecule has 0 spiro atoms. The standard InChI is InChI=1S/C23H19N3O2/c27-22-24(19-13-7-3-8-14-19)23(28)26-21(17-10-4-1-5-11-17)18-12-6-2-9-15-20(16-18)25(22)26/h1-15,20-21H,16H2/b6-2-,15-9-,18-12+/t20-,21-/m1/s1. The molecule has 0 fully saturated rings. The molecule has 0 saturated carbocycles. The van der Waals surface area contributed by atoms with E-state index in [1.54, 1.807) is 21.5 Å². The van der Waals surface area contributed by atoms with Crippen LogP contribution in [0.1, 0.15) is 24.1 Å². The van der Waals surface area contributed by atoms with Crippen molar-refractivity contribution in [2.24, 2.45) is 0 Å². The number of fused-ring (bicyclic) bond motifs is 4. The van der Waals surface area contributed by atoms with Gasteiger partial charge in [-0.2, -0.15) is 0 Å². The molecule has 1 aliphatic heterocycles. The van der Waals surface area contributed by atoms with Crippen molar-refractivity contribution in [1.82, 2.24) is 13.9 Å². The molecule has 28 heavy (non-hydrogen) atoms. The highest BCUT2D eigenvalue weighted by atomic mass is 16.2. The van der Waals surface area contributed by atoms with Crippen LogP contribution >= 0.6 is 0 Å².